The molecule has 0 heteroatoms. The summed E-state index contributed by atoms with van der Waals surface area (Å²) in [6.45, 7) is 0. The molecule has 0 radical (unpaired) electrons. The second-order valence-corrected chi connectivity index (χ2v) is 2.77. The first-order chi connectivity index (χ1) is 6.00. The van der Waals surface area contributed by atoms with E-state index in [0.717, 1.165) is 12.8 Å². The highest BCUT2D eigenvalue weighted by molar-refractivity contribution is 5.35. The summed E-state index contributed by atoms with van der Waals surface area (Å²) in [6, 6.07) is 0. The van der Waals surface area contributed by atoms with Gasteiger partial charge in [-0.2, -0.15) is 0 Å². The van der Waals surface area contributed by atoms with Gasteiger partial charge in [0.25, 0.3) is 0 Å². The SMILES string of the molecule is C1#CC#CCCCCCCC#C1. The molecule has 0 amide bonds. The highest BCUT2D eigenvalue weighted by Gasteiger charge is 1.87. The van der Waals surface area contributed by atoms with Crippen LogP contribution in [0.1, 0.15) is 38.5 Å². The molecule has 0 aromatic carbocycles. The van der Waals surface area contributed by atoms with Gasteiger partial charge in [0.1, 0.15) is 0 Å². The standard InChI is InChI=1S/C12H12/c1-2-4-6-8-10-12-11-9-7-5-3-1/h1-6H2. The second kappa shape index (κ2) is 6.39. The van der Waals surface area contributed by atoms with Crippen molar-refractivity contribution in [3.8, 4) is 35.5 Å². The molecule has 0 unspecified atom stereocenters. The summed E-state index contributed by atoms with van der Waals surface area (Å²) in [5.41, 5.74) is 0. The van der Waals surface area contributed by atoms with E-state index in [1.165, 1.54) is 25.7 Å². The Bertz CT molecular complexity index is 260. The first-order valence-electron chi connectivity index (χ1n) is 4.46. The molecule has 0 saturated carbocycles. The lowest BCUT2D eigenvalue weighted by Gasteiger charge is -1.94. The van der Waals surface area contributed by atoms with Crippen molar-refractivity contribution in [2.24, 2.45) is 0 Å². The first-order valence-corrected chi connectivity index (χ1v) is 4.46. The van der Waals surface area contributed by atoms with Gasteiger partial charge in [0.15, 0.2) is 0 Å². The van der Waals surface area contributed by atoms with E-state index in [9.17, 15) is 0 Å². The van der Waals surface area contributed by atoms with Crippen LogP contribution in [0.2, 0.25) is 0 Å². The van der Waals surface area contributed by atoms with Crippen LogP contribution in [0.25, 0.3) is 0 Å². The van der Waals surface area contributed by atoms with E-state index in [4.69, 9.17) is 0 Å². The van der Waals surface area contributed by atoms with E-state index < -0.39 is 0 Å². The Balaban J connectivity index is 2.46. The fourth-order valence-electron chi connectivity index (χ4n) is 1.06. The molecule has 60 valence electrons. The van der Waals surface area contributed by atoms with Crippen molar-refractivity contribution in [3.05, 3.63) is 0 Å². The molecule has 0 nitrogen and oxygen atoms in total. The molecule has 12 heavy (non-hydrogen) atoms. The van der Waals surface area contributed by atoms with Gasteiger partial charge in [0.2, 0.25) is 0 Å². The Hall–Kier alpha value is -1.32. The van der Waals surface area contributed by atoms with E-state index in [1.54, 1.807) is 0 Å². The predicted molar refractivity (Wildman–Crippen MR) is 51.0 cm³/mol. The average Bonchev–Trinajstić information content (AvgIpc) is 2.05. The van der Waals surface area contributed by atoms with E-state index in [-0.39, 0.29) is 0 Å². The van der Waals surface area contributed by atoms with Gasteiger partial charge < -0.3 is 0 Å². The Morgan fingerprint density at radius 2 is 1.00 bits per heavy atom. The zero-order valence-corrected chi connectivity index (χ0v) is 7.24. The van der Waals surface area contributed by atoms with Gasteiger partial charge in [-0.15, -0.1) is 0 Å². The van der Waals surface area contributed by atoms with E-state index in [1.807, 2.05) is 0 Å². The van der Waals surface area contributed by atoms with Crippen molar-refractivity contribution < 1.29 is 0 Å². The Morgan fingerprint density at radius 1 is 0.500 bits per heavy atom. The highest BCUT2D eigenvalue weighted by Crippen LogP contribution is 2.04. The third-order valence-electron chi connectivity index (χ3n) is 1.72. The van der Waals surface area contributed by atoms with Gasteiger partial charge in [0.05, 0.1) is 0 Å². The van der Waals surface area contributed by atoms with Crippen LogP contribution in [0.15, 0.2) is 0 Å². The van der Waals surface area contributed by atoms with Crippen molar-refractivity contribution in [1.82, 2.24) is 0 Å². The largest absolute Gasteiger partial charge is 0.0891 e. The van der Waals surface area contributed by atoms with Gasteiger partial charge in [-0.1, -0.05) is 24.7 Å². The Morgan fingerprint density at radius 3 is 1.50 bits per heavy atom. The normalized spacial score (nSPS) is 16.0. The van der Waals surface area contributed by atoms with E-state index in [2.05, 4.69) is 35.5 Å². The lowest BCUT2D eigenvalue weighted by Crippen LogP contribution is -1.77. The number of rotatable bonds is 0. The van der Waals surface area contributed by atoms with Gasteiger partial charge in [-0.25, -0.2) is 0 Å². The maximum atomic E-state index is 3.01. The molecule has 1 aliphatic rings. The van der Waals surface area contributed by atoms with Crippen LogP contribution in [-0.2, 0) is 0 Å². The summed E-state index contributed by atoms with van der Waals surface area (Å²) in [7, 11) is 0. The third kappa shape index (κ3) is 4.49. The van der Waals surface area contributed by atoms with Crippen LogP contribution in [0.3, 0.4) is 0 Å². The minimum atomic E-state index is 0.988. The molecule has 0 bridgehead atoms. The molecular formula is C12H12. The molecule has 0 aromatic rings. The van der Waals surface area contributed by atoms with Gasteiger partial charge in [0, 0.05) is 12.8 Å². The highest BCUT2D eigenvalue weighted by atomic mass is 13.9. The van der Waals surface area contributed by atoms with E-state index in [0.29, 0.717) is 0 Å². The fourth-order valence-corrected chi connectivity index (χ4v) is 1.06. The first kappa shape index (κ1) is 8.77. The van der Waals surface area contributed by atoms with Gasteiger partial charge >= 0.3 is 0 Å². The van der Waals surface area contributed by atoms with Crippen LogP contribution in [0, 0.1) is 35.5 Å². The van der Waals surface area contributed by atoms with Crippen LogP contribution >= 0.6 is 0 Å². The molecule has 1 aliphatic carbocycles. The summed E-state index contributed by atoms with van der Waals surface area (Å²) in [5.74, 6) is 17.0. The molecule has 0 fully saturated rings. The number of hydrogen-bond acceptors (Lipinski definition) is 0. The molecule has 0 aromatic heterocycles. The monoisotopic (exact) mass is 156 g/mol. The topological polar surface area (TPSA) is 0 Å². The van der Waals surface area contributed by atoms with Crippen molar-refractivity contribution in [2.45, 2.75) is 38.5 Å². The molecule has 0 heterocycles. The number of hydrogen-bond donors (Lipinski definition) is 0. The van der Waals surface area contributed by atoms with Crippen molar-refractivity contribution in [1.29, 1.82) is 0 Å². The molecule has 0 N–H and O–H groups in total. The third-order valence-corrected chi connectivity index (χ3v) is 1.72. The lowest BCUT2D eigenvalue weighted by atomic mass is 10.1. The minimum Gasteiger partial charge on any atom is -0.0891 e. The van der Waals surface area contributed by atoms with Crippen molar-refractivity contribution in [3.63, 3.8) is 0 Å². The maximum absolute atomic E-state index is 3.01. The van der Waals surface area contributed by atoms with Crippen LogP contribution < -0.4 is 0 Å². The summed E-state index contributed by atoms with van der Waals surface area (Å²) in [5, 5.41) is 0. The van der Waals surface area contributed by atoms with Crippen molar-refractivity contribution in [2.75, 3.05) is 0 Å². The van der Waals surface area contributed by atoms with E-state index >= 15 is 0 Å². The summed E-state index contributed by atoms with van der Waals surface area (Å²) < 4.78 is 0. The predicted octanol–water partition coefficient (Wildman–Crippen LogP) is 2.35. The van der Waals surface area contributed by atoms with Crippen LogP contribution in [0.4, 0.5) is 0 Å². The summed E-state index contributed by atoms with van der Waals surface area (Å²) in [4.78, 5) is 0. The van der Waals surface area contributed by atoms with Crippen molar-refractivity contribution >= 4 is 0 Å². The van der Waals surface area contributed by atoms with Crippen LogP contribution in [0.5, 0.6) is 0 Å². The molecular weight excluding hydrogens is 144 g/mol. The van der Waals surface area contributed by atoms with Crippen LogP contribution in [-0.4, -0.2) is 0 Å². The lowest BCUT2D eigenvalue weighted by molar-refractivity contribution is 0.661. The zero-order valence-electron chi connectivity index (χ0n) is 7.24. The Labute approximate surface area is 74.7 Å². The molecule has 0 atom stereocenters. The molecule has 1 rings (SSSR count). The Kier molecular flexibility index (Phi) is 4.67. The summed E-state index contributed by atoms with van der Waals surface area (Å²) in [6.07, 6.45) is 6.96. The second-order valence-electron chi connectivity index (χ2n) is 2.77. The minimum absolute atomic E-state index is 0.988. The molecule has 0 spiro atoms. The molecule has 0 saturated heterocycles. The van der Waals surface area contributed by atoms with Gasteiger partial charge in [-0.05, 0) is 36.5 Å². The maximum Gasteiger partial charge on any atom is 0.00989 e. The quantitative estimate of drug-likeness (QED) is 0.472. The molecule has 0 aliphatic heterocycles. The van der Waals surface area contributed by atoms with Gasteiger partial charge in [-0.3, -0.25) is 0 Å². The zero-order chi connectivity index (χ0) is 8.49. The summed E-state index contributed by atoms with van der Waals surface area (Å²) >= 11 is 0. The smallest absolute Gasteiger partial charge is 0.00989 e. The average molecular weight is 156 g/mol. The fraction of sp³-hybridized carbons (Fsp3) is 0.500.